The lowest BCUT2D eigenvalue weighted by molar-refractivity contribution is -0.133. The highest BCUT2D eigenvalue weighted by atomic mass is 16.6. The average molecular weight is 326 g/mol. The first-order valence-corrected chi connectivity index (χ1v) is 8.72. The molecule has 0 radical (unpaired) electrons. The minimum absolute atomic E-state index is 0.0580. The van der Waals surface area contributed by atoms with Crippen LogP contribution < -0.4 is 5.32 Å². The minimum atomic E-state index is -0.535. The van der Waals surface area contributed by atoms with Gasteiger partial charge in [-0.15, -0.1) is 0 Å². The largest absolute Gasteiger partial charge is 0.444 e. The van der Waals surface area contributed by atoms with Gasteiger partial charge in [-0.2, -0.15) is 0 Å². The van der Waals surface area contributed by atoms with Crippen molar-refractivity contribution in [1.29, 1.82) is 0 Å². The summed E-state index contributed by atoms with van der Waals surface area (Å²) in [5.41, 5.74) is -0.535. The van der Waals surface area contributed by atoms with Crippen LogP contribution in [0.15, 0.2) is 0 Å². The van der Waals surface area contributed by atoms with E-state index in [4.69, 9.17) is 4.74 Å². The average Bonchev–Trinajstić information content (AvgIpc) is 3.04. The number of amides is 2. The number of nitrogens with one attached hydrogen (secondary N) is 1. The third kappa shape index (κ3) is 5.09. The number of aliphatic hydroxyl groups is 1. The fraction of sp³-hybridized carbons (Fsp3) is 0.882. The van der Waals surface area contributed by atoms with Crippen molar-refractivity contribution in [3.8, 4) is 0 Å². The first-order chi connectivity index (χ1) is 10.8. The van der Waals surface area contributed by atoms with Crippen LogP contribution >= 0.6 is 0 Å². The molecule has 2 fully saturated rings. The molecule has 6 heteroatoms. The Kier molecular flexibility index (Phi) is 5.89. The van der Waals surface area contributed by atoms with E-state index >= 15 is 0 Å². The Morgan fingerprint density at radius 3 is 2.57 bits per heavy atom. The number of carbonyl (C=O) groups is 2. The Bertz CT molecular complexity index is 433. The van der Waals surface area contributed by atoms with Gasteiger partial charge in [0.15, 0.2) is 0 Å². The van der Waals surface area contributed by atoms with E-state index in [1.165, 1.54) is 0 Å². The van der Waals surface area contributed by atoms with Crippen LogP contribution in [0.4, 0.5) is 4.79 Å². The number of likely N-dealkylation sites (tertiary alicyclic amines) is 1. The van der Waals surface area contributed by atoms with E-state index in [0.717, 1.165) is 38.6 Å². The van der Waals surface area contributed by atoms with E-state index in [0.29, 0.717) is 0 Å². The SMILES string of the molecule is CC(C)(C)OC(=O)NCCC(=O)N1CCC[C@@H]1[C@H]1CCC[C@@H]1O. The van der Waals surface area contributed by atoms with E-state index in [2.05, 4.69) is 5.32 Å². The number of carbonyl (C=O) groups excluding carboxylic acids is 2. The van der Waals surface area contributed by atoms with Gasteiger partial charge in [0.05, 0.1) is 6.10 Å². The summed E-state index contributed by atoms with van der Waals surface area (Å²) in [6, 6.07) is 0.168. The van der Waals surface area contributed by atoms with Crippen molar-refractivity contribution in [3.05, 3.63) is 0 Å². The highest BCUT2D eigenvalue weighted by Crippen LogP contribution is 2.35. The summed E-state index contributed by atoms with van der Waals surface area (Å²) in [5, 5.41) is 12.7. The molecule has 23 heavy (non-hydrogen) atoms. The van der Waals surface area contributed by atoms with Gasteiger partial charge in [0.25, 0.3) is 0 Å². The Labute approximate surface area is 138 Å². The topological polar surface area (TPSA) is 78.9 Å². The normalized spacial score (nSPS) is 28.0. The molecule has 0 spiro atoms. The summed E-state index contributed by atoms with van der Waals surface area (Å²) in [4.78, 5) is 25.9. The summed E-state index contributed by atoms with van der Waals surface area (Å²) in [5.74, 6) is 0.280. The molecule has 2 N–H and O–H groups in total. The lowest BCUT2D eigenvalue weighted by atomic mass is 9.94. The molecule has 132 valence electrons. The number of hydrogen-bond donors (Lipinski definition) is 2. The zero-order valence-electron chi connectivity index (χ0n) is 14.5. The van der Waals surface area contributed by atoms with Crippen LogP contribution in [-0.2, 0) is 9.53 Å². The van der Waals surface area contributed by atoms with Gasteiger partial charge in [-0.25, -0.2) is 4.79 Å². The Balaban J connectivity index is 1.77. The zero-order valence-corrected chi connectivity index (χ0v) is 14.5. The molecule has 0 aromatic heterocycles. The van der Waals surface area contributed by atoms with Crippen molar-refractivity contribution in [3.63, 3.8) is 0 Å². The fourth-order valence-electron chi connectivity index (χ4n) is 3.69. The third-order valence-electron chi connectivity index (χ3n) is 4.65. The van der Waals surface area contributed by atoms with Crippen LogP contribution in [0.3, 0.4) is 0 Å². The third-order valence-corrected chi connectivity index (χ3v) is 4.65. The first-order valence-electron chi connectivity index (χ1n) is 8.72. The summed E-state index contributed by atoms with van der Waals surface area (Å²) >= 11 is 0. The predicted octanol–water partition coefficient (Wildman–Crippen LogP) is 2.05. The maximum absolute atomic E-state index is 12.4. The number of rotatable bonds is 4. The number of ether oxygens (including phenoxy) is 1. The van der Waals surface area contributed by atoms with Gasteiger partial charge in [-0.05, 0) is 46.5 Å². The summed E-state index contributed by atoms with van der Waals surface area (Å²) in [6.45, 7) is 6.46. The van der Waals surface area contributed by atoms with E-state index in [1.807, 2.05) is 4.90 Å². The monoisotopic (exact) mass is 326 g/mol. The van der Waals surface area contributed by atoms with Gasteiger partial charge in [0, 0.05) is 31.5 Å². The molecule has 0 bridgehead atoms. The molecule has 2 rings (SSSR count). The second kappa shape index (κ2) is 7.51. The highest BCUT2D eigenvalue weighted by molar-refractivity contribution is 5.78. The molecule has 2 amide bonds. The van der Waals surface area contributed by atoms with Crippen LogP contribution in [0.25, 0.3) is 0 Å². The number of hydrogen-bond acceptors (Lipinski definition) is 4. The van der Waals surface area contributed by atoms with Gasteiger partial charge in [-0.3, -0.25) is 4.79 Å². The molecule has 0 aromatic rings. The van der Waals surface area contributed by atoms with Crippen LogP contribution in [0.2, 0.25) is 0 Å². The maximum atomic E-state index is 12.4. The molecular formula is C17H30N2O4. The second-order valence-electron chi connectivity index (χ2n) is 7.64. The zero-order chi connectivity index (χ0) is 17.0. The Morgan fingerprint density at radius 1 is 1.22 bits per heavy atom. The van der Waals surface area contributed by atoms with Crippen molar-refractivity contribution in [2.24, 2.45) is 5.92 Å². The van der Waals surface area contributed by atoms with Crippen LogP contribution in [0, 0.1) is 5.92 Å². The number of aliphatic hydroxyl groups excluding tert-OH is 1. The van der Waals surface area contributed by atoms with Crippen molar-refractivity contribution in [2.45, 2.75) is 77.0 Å². The molecule has 6 nitrogen and oxygen atoms in total. The standard InChI is InChI=1S/C17H30N2O4/c1-17(2,3)23-16(22)18-10-9-15(21)19-11-5-7-13(19)12-6-4-8-14(12)20/h12-14,20H,4-11H2,1-3H3,(H,18,22)/t12-,13-,14+/m1/s1. The molecule has 1 aliphatic heterocycles. The Morgan fingerprint density at radius 2 is 1.96 bits per heavy atom. The van der Waals surface area contributed by atoms with Gasteiger partial charge in [-0.1, -0.05) is 6.42 Å². The van der Waals surface area contributed by atoms with Gasteiger partial charge in [0.2, 0.25) is 5.91 Å². The van der Waals surface area contributed by atoms with Crippen molar-refractivity contribution < 1.29 is 19.4 Å². The fourth-order valence-corrected chi connectivity index (χ4v) is 3.69. The molecule has 1 aliphatic carbocycles. The lowest BCUT2D eigenvalue weighted by Crippen LogP contribution is -2.43. The van der Waals surface area contributed by atoms with Gasteiger partial charge in [0.1, 0.15) is 5.60 Å². The van der Waals surface area contributed by atoms with E-state index < -0.39 is 11.7 Å². The lowest BCUT2D eigenvalue weighted by Gasteiger charge is -2.31. The summed E-state index contributed by atoms with van der Waals surface area (Å²) in [7, 11) is 0. The smallest absolute Gasteiger partial charge is 0.407 e. The van der Waals surface area contributed by atoms with Gasteiger partial charge >= 0.3 is 6.09 Å². The predicted molar refractivity (Wildman–Crippen MR) is 86.9 cm³/mol. The van der Waals surface area contributed by atoms with E-state index in [1.54, 1.807) is 20.8 Å². The molecule has 1 heterocycles. The first kappa shape index (κ1) is 18.0. The molecule has 1 saturated carbocycles. The quantitative estimate of drug-likeness (QED) is 0.829. The van der Waals surface area contributed by atoms with Crippen molar-refractivity contribution >= 4 is 12.0 Å². The molecule has 1 saturated heterocycles. The molecular weight excluding hydrogens is 296 g/mol. The van der Waals surface area contributed by atoms with Gasteiger partial charge < -0.3 is 20.1 Å². The van der Waals surface area contributed by atoms with E-state index in [9.17, 15) is 14.7 Å². The minimum Gasteiger partial charge on any atom is -0.444 e. The molecule has 0 unspecified atom stereocenters. The van der Waals surface area contributed by atoms with Crippen LogP contribution in [0.5, 0.6) is 0 Å². The van der Waals surface area contributed by atoms with Crippen molar-refractivity contribution in [1.82, 2.24) is 10.2 Å². The Hall–Kier alpha value is -1.30. The second-order valence-corrected chi connectivity index (χ2v) is 7.64. The molecule has 2 aliphatic rings. The van der Waals surface area contributed by atoms with Crippen molar-refractivity contribution in [2.75, 3.05) is 13.1 Å². The summed E-state index contributed by atoms with van der Waals surface area (Å²) < 4.78 is 5.15. The molecule has 3 atom stereocenters. The number of nitrogens with zero attached hydrogens (tertiary/aromatic N) is 1. The molecule has 0 aromatic carbocycles. The summed E-state index contributed by atoms with van der Waals surface area (Å²) in [6.07, 6.45) is 4.40. The van der Waals surface area contributed by atoms with Crippen LogP contribution in [0.1, 0.15) is 59.3 Å². The number of alkyl carbamates (subject to hydrolysis) is 1. The highest BCUT2D eigenvalue weighted by Gasteiger charge is 2.39. The van der Waals surface area contributed by atoms with Crippen LogP contribution in [-0.4, -0.2) is 52.8 Å². The van der Waals surface area contributed by atoms with E-state index in [-0.39, 0.29) is 36.9 Å². The maximum Gasteiger partial charge on any atom is 0.407 e.